The lowest BCUT2D eigenvalue weighted by Gasteiger charge is -2.15. The molecule has 0 fully saturated rings. The summed E-state index contributed by atoms with van der Waals surface area (Å²) in [6.45, 7) is 2.99. The van der Waals surface area contributed by atoms with Crippen LogP contribution in [0.15, 0.2) is 30.1 Å². The summed E-state index contributed by atoms with van der Waals surface area (Å²) in [4.78, 5) is 28.4. The second-order valence-electron chi connectivity index (χ2n) is 7.47. The highest BCUT2D eigenvalue weighted by Gasteiger charge is 2.25. The number of allylic oxidation sites excluding steroid dienone is 2. The number of unbranched alkanes of at least 4 members (excludes halogenated alkanes) is 11. The Morgan fingerprint density at radius 3 is 2.07 bits per heavy atom. The minimum absolute atomic E-state index is 0.128. The van der Waals surface area contributed by atoms with Crippen LogP contribution in [0.25, 0.3) is 0 Å². The van der Waals surface area contributed by atoms with E-state index in [-0.39, 0.29) is 17.3 Å². The smallest absolute Gasteiger partial charge is 0.211 e. The maximum absolute atomic E-state index is 12.4. The van der Waals surface area contributed by atoms with Gasteiger partial charge in [0.05, 0.1) is 11.3 Å². The number of aromatic nitrogens is 1. The van der Waals surface area contributed by atoms with Crippen LogP contribution in [0.4, 0.5) is 0 Å². The Morgan fingerprint density at radius 1 is 0.852 bits per heavy atom. The van der Waals surface area contributed by atoms with Crippen LogP contribution in [0.1, 0.15) is 105 Å². The van der Waals surface area contributed by atoms with Crippen LogP contribution >= 0.6 is 0 Å². The van der Waals surface area contributed by atoms with Crippen molar-refractivity contribution in [3.8, 4) is 0 Å². The van der Waals surface area contributed by atoms with E-state index < -0.39 is 0 Å². The largest absolute Gasteiger partial charge is 0.382 e. The number of carbonyl (C=O) groups excluding carboxylic acids is 2. The van der Waals surface area contributed by atoms with Gasteiger partial charge in [-0.05, 0) is 18.6 Å². The summed E-state index contributed by atoms with van der Waals surface area (Å²) < 4.78 is 0. The molecule has 4 heteroatoms. The summed E-state index contributed by atoms with van der Waals surface area (Å²) in [6.07, 6.45) is 18.6. The van der Waals surface area contributed by atoms with Crippen LogP contribution in [0.5, 0.6) is 0 Å². The monoisotopic (exact) mass is 370 g/mol. The van der Waals surface area contributed by atoms with E-state index in [1.54, 1.807) is 18.3 Å². The number of hydrogen-bond acceptors (Lipinski definition) is 4. The van der Waals surface area contributed by atoms with E-state index in [0.29, 0.717) is 11.3 Å². The summed E-state index contributed by atoms with van der Waals surface area (Å²) in [5.74, 6) is -0.320. The number of rotatable bonds is 14. The molecule has 0 bridgehead atoms. The zero-order chi connectivity index (χ0) is 19.3. The molecule has 1 aliphatic rings. The molecule has 0 saturated heterocycles. The molecule has 4 nitrogen and oxygen atoms in total. The van der Waals surface area contributed by atoms with Crippen LogP contribution < -0.4 is 5.32 Å². The van der Waals surface area contributed by atoms with Gasteiger partial charge in [-0.15, -0.1) is 0 Å². The number of carbonyl (C=O) groups is 2. The van der Waals surface area contributed by atoms with Crippen LogP contribution in [-0.2, 0) is 0 Å². The van der Waals surface area contributed by atoms with E-state index >= 15 is 0 Å². The van der Waals surface area contributed by atoms with E-state index in [9.17, 15) is 9.59 Å². The number of hydrogen-bond donors (Lipinski definition) is 1. The van der Waals surface area contributed by atoms with Gasteiger partial charge >= 0.3 is 0 Å². The third-order valence-electron chi connectivity index (χ3n) is 5.15. The number of fused-ring (bicyclic) bond motifs is 1. The fourth-order valence-electron chi connectivity index (χ4n) is 3.52. The van der Waals surface area contributed by atoms with E-state index in [4.69, 9.17) is 0 Å². The van der Waals surface area contributed by atoms with Crippen molar-refractivity contribution in [1.82, 2.24) is 10.3 Å². The van der Waals surface area contributed by atoms with E-state index in [2.05, 4.69) is 17.2 Å². The molecular weight excluding hydrogens is 336 g/mol. The van der Waals surface area contributed by atoms with Gasteiger partial charge in [0.25, 0.3) is 0 Å². The minimum Gasteiger partial charge on any atom is -0.382 e. The van der Waals surface area contributed by atoms with Crippen molar-refractivity contribution in [2.24, 2.45) is 0 Å². The standard InChI is InChI=1S/C23H34N2O2/c1-2-3-4-5-6-7-8-9-10-11-12-13-16-24-20-18-21(26)22-19(23(20)27)15-14-17-25-22/h14-15,17-18,24H,2-13,16H2,1H3. The highest BCUT2D eigenvalue weighted by atomic mass is 16.1. The first-order valence-electron chi connectivity index (χ1n) is 10.7. The quantitative estimate of drug-likeness (QED) is 0.431. The molecule has 0 saturated carbocycles. The molecule has 148 valence electrons. The Kier molecular flexibility index (Phi) is 9.81. The van der Waals surface area contributed by atoms with Gasteiger partial charge < -0.3 is 5.32 Å². The molecule has 1 aromatic heterocycles. The summed E-state index contributed by atoms with van der Waals surface area (Å²) in [7, 11) is 0. The first kappa shape index (κ1) is 21.3. The number of pyridine rings is 1. The fraction of sp³-hybridized carbons (Fsp3) is 0.609. The van der Waals surface area contributed by atoms with Gasteiger partial charge in [0.1, 0.15) is 5.69 Å². The predicted molar refractivity (Wildman–Crippen MR) is 110 cm³/mol. The molecule has 27 heavy (non-hydrogen) atoms. The van der Waals surface area contributed by atoms with Gasteiger partial charge in [-0.3, -0.25) is 14.6 Å². The highest BCUT2D eigenvalue weighted by Crippen LogP contribution is 2.18. The average Bonchev–Trinajstić information content (AvgIpc) is 2.69. The van der Waals surface area contributed by atoms with E-state index in [1.807, 2.05) is 0 Å². The van der Waals surface area contributed by atoms with Crippen molar-refractivity contribution in [3.05, 3.63) is 41.4 Å². The van der Waals surface area contributed by atoms with Crippen molar-refractivity contribution in [1.29, 1.82) is 0 Å². The van der Waals surface area contributed by atoms with Crippen molar-refractivity contribution >= 4 is 11.6 Å². The lowest BCUT2D eigenvalue weighted by Crippen LogP contribution is -2.28. The lowest BCUT2D eigenvalue weighted by molar-refractivity contribution is 0.0975. The molecule has 0 amide bonds. The summed E-state index contributed by atoms with van der Waals surface area (Å²) in [6, 6.07) is 3.36. The fourth-order valence-corrected chi connectivity index (χ4v) is 3.52. The Labute approximate surface area is 163 Å². The molecule has 0 aliphatic heterocycles. The highest BCUT2D eigenvalue weighted by molar-refractivity contribution is 6.23. The van der Waals surface area contributed by atoms with Gasteiger partial charge in [-0.2, -0.15) is 0 Å². The van der Waals surface area contributed by atoms with Gasteiger partial charge in [0.15, 0.2) is 0 Å². The second-order valence-corrected chi connectivity index (χ2v) is 7.47. The molecule has 0 spiro atoms. The summed E-state index contributed by atoms with van der Waals surface area (Å²) in [5, 5.41) is 3.14. The van der Waals surface area contributed by atoms with Crippen molar-refractivity contribution in [3.63, 3.8) is 0 Å². The third kappa shape index (κ3) is 7.28. The maximum atomic E-state index is 12.4. The predicted octanol–water partition coefficient (Wildman–Crippen LogP) is 5.64. The summed E-state index contributed by atoms with van der Waals surface area (Å²) >= 11 is 0. The average molecular weight is 371 g/mol. The van der Waals surface area contributed by atoms with E-state index in [0.717, 1.165) is 19.4 Å². The first-order chi connectivity index (χ1) is 13.2. The normalized spacial score (nSPS) is 13.4. The number of nitrogens with one attached hydrogen (secondary N) is 1. The molecule has 0 aromatic carbocycles. The maximum Gasteiger partial charge on any atom is 0.211 e. The van der Waals surface area contributed by atoms with Gasteiger partial charge in [-0.1, -0.05) is 77.6 Å². The minimum atomic E-state index is -0.192. The van der Waals surface area contributed by atoms with Crippen LogP contribution in [0.3, 0.4) is 0 Å². The Morgan fingerprint density at radius 2 is 1.44 bits per heavy atom. The Balaban J connectivity index is 1.50. The van der Waals surface area contributed by atoms with Crippen LogP contribution in [0.2, 0.25) is 0 Å². The Hall–Kier alpha value is -1.97. The molecule has 1 aliphatic carbocycles. The van der Waals surface area contributed by atoms with Gasteiger partial charge in [0.2, 0.25) is 11.6 Å². The van der Waals surface area contributed by atoms with Crippen molar-refractivity contribution < 1.29 is 9.59 Å². The van der Waals surface area contributed by atoms with E-state index in [1.165, 1.54) is 70.3 Å². The molecule has 2 rings (SSSR count). The second kappa shape index (κ2) is 12.4. The van der Waals surface area contributed by atoms with Crippen LogP contribution in [0, 0.1) is 0 Å². The zero-order valence-corrected chi connectivity index (χ0v) is 16.8. The first-order valence-corrected chi connectivity index (χ1v) is 10.7. The SMILES string of the molecule is CCCCCCCCCCCCCCNC1=CC(=O)c2ncccc2C1=O. The molecule has 1 heterocycles. The van der Waals surface area contributed by atoms with Crippen LogP contribution in [-0.4, -0.2) is 23.1 Å². The molecule has 1 aromatic rings. The topological polar surface area (TPSA) is 59.1 Å². The molecule has 1 N–H and O–H groups in total. The van der Waals surface area contributed by atoms with Gasteiger partial charge in [0, 0.05) is 18.8 Å². The lowest BCUT2D eigenvalue weighted by atomic mass is 9.97. The number of nitrogens with zero attached hydrogens (tertiary/aromatic N) is 1. The molecular formula is C23H34N2O2. The number of Topliss-reactive ketones (excluding diaryl/α,β-unsaturated/α-hetero) is 1. The van der Waals surface area contributed by atoms with Crippen molar-refractivity contribution in [2.75, 3.05) is 6.54 Å². The molecule has 0 radical (unpaired) electrons. The molecule has 0 atom stereocenters. The third-order valence-corrected chi connectivity index (χ3v) is 5.15. The van der Waals surface area contributed by atoms with Gasteiger partial charge in [-0.25, -0.2) is 0 Å². The Bertz CT molecular complexity index is 637. The zero-order valence-electron chi connectivity index (χ0n) is 16.8. The summed E-state index contributed by atoms with van der Waals surface area (Å²) in [5.41, 5.74) is 1.07. The van der Waals surface area contributed by atoms with Crippen molar-refractivity contribution in [2.45, 2.75) is 84.0 Å². The number of ketones is 2. The molecule has 0 unspecified atom stereocenters.